The highest BCUT2D eigenvalue weighted by molar-refractivity contribution is 7.93. The number of rotatable bonds is 6. The predicted octanol–water partition coefficient (Wildman–Crippen LogP) is 2.09. The first-order valence-corrected chi connectivity index (χ1v) is 7.86. The normalized spacial score (nSPS) is 15.9. The zero-order chi connectivity index (χ0) is 13.2. The Morgan fingerprint density at radius 3 is 2.33 bits per heavy atom. The summed E-state index contributed by atoms with van der Waals surface area (Å²) < 4.78 is 26.1. The van der Waals surface area contributed by atoms with E-state index in [-0.39, 0.29) is 5.25 Å². The zero-order valence-corrected chi connectivity index (χ0v) is 11.6. The molecule has 0 heterocycles. The Bertz CT molecular complexity index is 490. The summed E-state index contributed by atoms with van der Waals surface area (Å²) in [6.07, 6.45) is 1.57. The monoisotopic (exact) mass is 268 g/mol. The lowest BCUT2D eigenvalue weighted by Gasteiger charge is -2.10. The van der Waals surface area contributed by atoms with Crippen LogP contribution in [-0.4, -0.2) is 19.7 Å². The summed E-state index contributed by atoms with van der Waals surface area (Å²) in [4.78, 5) is 0. The van der Waals surface area contributed by atoms with Gasteiger partial charge in [-0.25, -0.2) is 8.42 Å². The lowest BCUT2D eigenvalue weighted by Crippen LogP contribution is -2.21. The third-order valence-electron chi connectivity index (χ3n) is 2.89. The maximum atomic E-state index is 11.7. The molecule has 2 rings (SSSR count). The van der Waals surface area contributed by atoms with Gasteiger partial charge < -0.3 is 5.32 Å². The Kier molecular flexibility index (Phi) is 3.92. The molecule has 0 unspecified atom stereocenters. The van der Waals surface area contributed by atoms with E-state index in [0.29, 0.717) is 11.7 Å². The van der Waals surface area contributed by atoms with Crippen molar-refractivity contribution in [1.82, 2.24) is 5.32 Å². The highest BCUT2D eigenvalue weighted by Crippen LogP contribution is 2.29. The molecule has 4 nitrogen and oxygen atoms in total. The fourth-order valence-corrected chi connectivity index (χ4v) is 3.03. The van der Waals surface area contributed by atoms with E-state index in [4.69, 9.17) is 0 Å². The van der Waals surface area contributed by atoms with Crippen LogP contribution in [0.2, 0.25) is 0 Å². The van der Waals surface area contributed by atoms with E-state index < -0.39 is 10.0 Å². The van der Waals surface area contributed by atoms with Crippen molar-refractivity contribution in [3.8, 4) is 0 Å². The zero-order valence-electron chi connectivity index (χ0n) is 10.8. The number of benzene rings is 1. The van der Waals surface area contributed by atoms with Crippen molar-refractivity contribution in [1.29, 1.82) is 0 Å². The first-order valence-electron chi connectivity index (χ1n) is 6.31. The maximum Gasteiger partial charge on any atom is 0.235 e. The number of sulfonamides is 1. The van der Waals surface area contributed by atoms with Gasteiger partial charge in [-0.2, -0.15) is 0 Å². The molecule has 0 aromatic heterocycles. The molecule has 1 aliphatic carbocycles. The average Bonchev–Trinajstić information content (AvgIpc) is 3.11. The SMILES string of the molecule is CC(C)NCc1ccc(NS(=O)(=O)C2CC2)cc1. The van der Waals surface area contributed by atoms with Crippen LogP contribution in [0.25, 0.3) is 0 Å². The van der Waals surface area contributed by atoms with Crippen molar-refractivity contribution in [2.24, 2.45) is 0 Å². The molecular weight excluding hydrogens is 248 g/mol. The minimum Gasteiger partial charge on any atom is -0.310 e. The summed E-state index contributed by atoms with van der Waals surface area (Å²) in [5.74, 6) is 0. The van der Waals surface area contributed by atoms with E-state index in [1.165, 1.54) is 0 Å². The highest BCUT2D eigenvalue weighted by atomic mass is 32.2. The lowest BCUT2D eigenvalue weighted by atomic mass is 10.2. The first kappa shape index (κ1) is 13.4. The topological polar surface area (TPSA) is 58.2 Å². The maximum absolute atomic E-state index is 11.7. The minimum atomic E-state index is -3.14. The fraction of sp³-hybridized carbons (Fsp3) is 0.538. The summed E-state index contributed by atoms with van der Waals surface area (Å²) in [6.45, 7) is 4.99. The van der Waals surface area contributed by atoms with Crippen molar-refractivity contribution in [2.45, 2.75) is 44.5 Å². The van der Waals surface area contributed by atoms with E-state index in [2.05, 4.69) is 23.9 Å². The van der Waals surface area contributed by atoms with Gasteiger partial charge in [0, 0.05) is 18.3 Å². The fourth-order valence-electron chi connectivity index (χ4n) is 1.64. The molecule has 0 spiro atoms. The van der Waals surface area contributed by atoms with E-state index in [0.717, 1.165) is 24.9 Å². The van der Waals surface area contributed by atoms with Crippen LogP contribution >= 0.6 is 0 Å². The van der Waals surface area contributed by atoms with Crippen molar-refractivity contribution in [3.05, 3.63) is 29.8 Å². The summed E-state index contributed by atoms with van der Waals surface area (Å²) in [7, 11) is -3.14. The summed E-state index contributed by atoms with van der Waals surface area (Å²) in [5.41, 5.74) is 1.80. The van der Waals surface area contributed by atoms with E-state index in [1.54, 1.807) is 0 Å². The van der Waals surface area contributed by atoms with E-state index in [1.807, 2.05) is 24.3 Å². The molecule has 1 aromatic rings. The van der Waals surface area contributed by atoms with Crippen molar-refractivity contribution < 1.29 is 8.42 Å². The molecule has 100 valence electrons. The van der Waals surface area contributed by atoms with Crippen molar-refractivity contribution >= 4 is 15.7 Å². The Morgan fingerprint density at radius 1 is 1.22 bits per heavy atom. The Morgan fingerprint density at radius 2 is 1.83 bits per heavy atom. The van der Waals surface area contributed by atoms with Gasteiger partial charge in [-0.1, -0.05) is 26.0 Å². The van der Waals surface area contributed by atoms with Crippen LogP contribution in [0.3, 0.4) is 0 Å². The molecule has 0 amide bonds. The predicted molar refractivity (Wildman–Crippen MR) is 74.0 cm³/mol. The van der Waals surface area contributed by atoms with Crippen LogP contribution in [0.1, 0.15) is 32.3 Å². The van der Waals surface area contributed by atoms with Gasteiger partial charge in [0.15, 0.2) is 0 Å². The molecule has 1 fully saturated rings. The third kappa shape index (κ3) is 3.71. The molecule has 5 heteroatoms. The van der Waals surface area contributed by atoms with Gasteiger partial charge in [0.1, 0.15) is 0 Å². The van der Waals surface area contributed by atoms with Crippen molar-refractivity contribution in [2.75, 3.05) is 4.72 Å². The highest BCUT2D eigenvalue weighted by Gasteiger charge is 2.35. The quantitative estimate of drug-likeness (QED) is 0.830. The number of hydrogen-bond acceptors (Lipinski definition) is 3. The van der Waals surface area contributed by atoms with E-state index >= 15 is 0 Å². The average molecular weight is 268 g/mol. The van der Waals surface area contributed by atoms with Crippen molar-refractivity contribution in [3.63, 3.8) is 0 Å². The molecule has 1 aromatic carbocycles. The van der Waals surface area contributed by atoms with Gasteiger partial charge in [0.2, 0.25) is 10.0 Å². The standard InChI is InChI=1S/C13H20N2O2S/c1-10(2)14-9-11-3-5-12(6-4-11)15-18(16,17)13-7-8-13/h3-6,10,13-15H,7-9H2,1-2H3. The second kappa shape index (κ2) is 5.28. The van der Waals surface area contributed by atoms with Gasteiger partial charge in [-0.15, -0.1) is 0 Å². The second-order valence-electron chi connectivity index (χ2n) is 5.08. The molecule has 0 radical (unpaired) electrons. The molecule has 2 N–H and O–H groups in total. The third-order valence-corrected chi connectivity index (χ3v) is 4.76. The molecule has 0 bridgehead atoms. The second-order valence-corrected chi connectivity index (χ2v) is 7.04. The molecule has 1 aliphatic rings. The molecule has 0 aliphatic heterocycles. The lowest BCUT2D eigenvalue weighted by molar-refractivity contribution is 0.589. The van der Waals surface area contributed by atoms with Gasteiger partial charge in [-0.3, -0.25) is 4.72 Å². The Labute approximate surface area is 109 Å². The minimum absolute atomic E-state index is 0.181. The molecule has 18 heavy (non-hydrogen) atoms. The van der Waals surface area contributed by atoms with Crippen LogP contribution in [0.15, 0.2) is 24.3 Å². The van der Waals surface area contributed by atoms with Gasteiger partial charge in [0.05, 0.1) is 5.25 Å². The van der Waals surface area contributed by atoms with Gasteiger partial charge in [0.25, 0.3) is 0 Å². The van der Waals surface area contributed by atoms with E-state index in [9.17, 15) is 8.42 Å². The number of anilines is 1. The van der Waals surface area contributed by atoms with Crippen LogP contribution in [0, 0.1) is 0 Å². The van der Waals surface area contributed by atoms with Crippen LogP contribution in [0.4, 0.5) is 5.69 Å². The summed E-state index contributed by atoms with van der Waals surface area (Å²) in [6, 6.07) is 7.97. The van der Waals surface area contributed by atoms with Crippen LogP contribution in [0.5, 0.6) is 0 Å². The number of hydrogen-bond donors (Lipinski definition) is 2. The summed E-state index contributed by atoms with van der Waals surface area (Å²) in [5, 5.41) is 3.14. The van der Waals surface area contributed by atoms with Crippen LogP contribution in [-0.2, 0) is 16.6 Å². The van der Waals surface area contributed by atoms with Gasteiger partial charge in [-0.05, 0) is 30.5 Å². The van der Waals surface area contributed by atoms with Crippen LogP contribution < -0.4 is 10.0 Å². The summed E-state index contributed by atoms with van der Waals surface area (Å²) >= 11 is 0. The van der Waals surface area contributed by atoms with Gasteiger partial charge >= 0.3 is 0 Å². The number of nitrogens with one attached hydrogen (secondary N) is 2. The Hall–Kier alpha value is -1.07. The molecule has 0 atom stereocenters. The molecule has 0 saturated heterocycles. The molecule has 1 saturated carbocycles. The Balaban J connectivity index is 1.95. The molecular formula is C13H20N2O2S. The smallest absolute Gasteiger partial charge is 0.235 e. The first-order chi connectivity index (χ1) is 8.47. The largest absolute Gasteiger partial charge is 0.310 e.